The molecule has 0 radical (unpaired) electrons. The number of benzene rings is 4. The fraction of sp³-hybridized carbons (Fsp3) is 0.235. The summed E-state index contributed by atoms with van der Waals surface area (Å²) in [4.78, 5) is 5.11. The van der Waals surface area contributed by atoms with E-state index in [1.165, 1.54) is 44.5 Å². The monoisotopic (exact) mass is 549 g/mol. The third-order valence-electron chi connectivity index (χ3n) is 8.20. The lowest BCUT2D eigenvalue weighted by Crippen LogP contribution is -2.45. The second-order valence-electron chi connectivity index (χ2n) is 10.7. The molecule has 0 aliphatic carbocycles. The highest BCUT2D eigenvalue weighted by atomic mass is 35.5. The fourth-order valence-electron chi connectivity index (χ4n) is 6.01. The van der Waals surface area contributed by atoms with Crippen molar-refractivity contribution < 1.29 is 9.47 Å². The van der Waals surface area contributed by atoms with Crippen LogP contribution >= 0.6 is 11.6 Å². The Morgan fingerprint density at radius 3 is 2.27 bits per heavy atom. The summed E-state index contributed by atoms with van der Waals surface area (Å²) in [6.07, 6.45) is 0. The van der Waals surface area contributed by atoms with Crippen LogP contribution in [0, 0.1) is 6.92 Å². The van der Waals surface area contributed by atoms with Crippen LogP contribution in [0.25, 0.3) is 27.7 Å². The summed E-state index contributed by atoms with van der Waals surface area (Å²) in [7, 11) is 0. The maximum Gasteiger partial charge on any atom is 0.231 e. The van der Waals surface area contributed by atoms with Gasteiger partial charge in [-0.05, 0) is 65.4 Å². The van der Waals surface area contributed by atoms with E-state index in [4.69, 9.17) is 21.1 Å². The van der Waals surface area contributed by atoms with Gasteiger partial charge in [-0.3, -0.25) is 9.80 Å². The highest BCUT2D eigenvalue weighted by Gasteiger charge is 2.22. The number of nitrogens with zero attached hydrogens (tertiary/aromatic N) is 3. The quantitative estimate of drug-likeness (QED) is 0.222. The lowest BCUT2D eigenvalue weighted by atomic mass is 10.1. The first-order chi connectivity index (χ1) is 19.6. The molecule has 5 aromatic rings. The molecule has 3 heterocycles. The molecule has 1 fully saturated rings. The molecule has 0 N–H and O–H groups in total. The van der Waals surface area contributed by atoms with Gasteiger partial charge in [0.1, 0.15) is 0 Å². The van der Waals surface area contributed by atoms with E-state index in [9.17, 15) is 0 Å². The summed E-state index contributed by atoms with van der Waals surface area (Å²) in [5, 5.41) is 3.25. The number of halogens is 1. The van der Waals surface area contributed by atoms with Gasteiger partial charge in [-0.1, -0.05) is 66.2 Å². The molecule has 4 aromatic carbocycles. The van der Waals surface area contributed by atoms with Gasteiger partial charge in [0.25, 0.3) is 0 Å². The Balaban J connectivity index is 1.14. The molecule has 2 aliphatic rings. The maximum absolute atomic E-state index is 6.26. The zero-order valence-electron chi connectivity index (χ0n) is 22.6. The fourth-order valence-corrected chi connectivity index (χ4v) is 6.14. The topological polar surface area (TPSA) is 29.9 Å². The van der Waals surface area contributed by atoms with E-state index in [-0.39, 0.29) is 0 Å². The minimum absolute atomic E-state index is 0.318. The molecule has 1 aromatic heterocycles. The molecule has 2 aliphatic heterocycles. The normalized spacial score (nSPS) is 15.7. The number of hydrogen-bond acceptors (Lipinski definition) is 4. The van der Waals surface area contributed by atoms with Crippen LogP contribution in [-0.2, 0) is 13.1 Å². The van der Waals surface area contributed by atoms with Gasteiger partial charge in [-0.15, -0.1) is 0 Å². The molecular formula is C34H32ClN3O2. The second kappa shape index (κ2) is 10.7. The average molecular weight is 550 g/mol. The summed E-state index contributed by atoms with van der Waals surface area (Å²) >= 11 is 6.26. The van der Waals surface area contributed by atoms with Gasteiger partial charge in [0, 0.05) is 55.4 Å². The number of rotatable bonds is 6. The molecule has 0 unspecified atom stereocenters. The third kappa shape index (κ3) is 4.86. The zero-order valence-corrected chi connectivity index (χ0v) is 23.4. The molecule has 202 valence electrons. The van der Waals surface area contributed by atoms with Crippen LogP contribution in [0.4, 0.5) is 0 Å². The number of piperazine rings is 1. The van der Waals surface area contributed by atoms with Gasteiger partial charge < -0.3 is 14.0 Å². The zero-order chi connectivity index (χ0) is 27.1. The van der Waals surface area contributed by atoms with Gasteiger partial charge in [0.05, 0.1) is 11.4 Å². The van der Waals surface area contributed by atoms with E-state index < -0.39 is 0 Å². The van der Waals surface area contributed by atoms with E-state index in [1.807, 2.05) is 18.2 Å². The Morgan fingerprint density at radius 2 is 1.45 bits per heavy atom. The number of fused-ring (bicyclic) bond motifs is 2. The maximum atomic E-state index is 6.26. The summed E-state index contributed by atoms with van der Waals surface area (Å²) < 4.78 is 13.5. The Bertz CT molecular complexity index is 1660. The van der Waals surface area contributed by atoms with Crippen molar-refractivity contribution in [2.24, 2.45) is 0 Å². The van der Waals surface area contributed by atoms with E-state index >= 15 is 0 Å². The molecular weight excluding hydrogens is 518 g/mol. The Kier molecular flexibility index (Phi) is 6.72. The first kappa shape index (κ1) is 25.2. The van der Waals surface area contributed by atoms with Crippen molar-refractivity contribution in [1.82, 2.24) is 14.4 Å². The summed E-state index contributed by atoms with van der Waals surface area (Å²) in [5.41, 5.74) is 7.49. The predicted molar refractivity (Wildman–Crippen MR) is 162 cm³/mol. The highest BCUT2D eigenvalue weighted by Crippen LogP contribution is 2.35. The second-order valence-corrected chi connectivity index (χ2v) is 11.2. The van der Waals surface area contributed by atoms with E-state index in [0.717, 1.165) is 55.8 Å². The molecule has 0 bridgehead atoms. The SMILES string of the molecule is Cc1c(CN2CCN(Cc3ccc4c(c3)OCO4)CC2)cc(-c2ccc(Cl)cc2)n1-c1cccc2ccccc12. The van der Waals surface area contributed by atoms with Crippen LogP contribution in [0.15, 0.2) is 91.0 Å². The van der Waals surface area contributed by atoms with E-state index in [1.54, 1.807) is 0 Å². The number of hydrogen-bond donors (Lipinski definition) is 0. The van der Waals surface area contributed by atoms with Crippen LogP contribution in [0.3, 0.4) is 0 Å². The van der Waals surface area contributed by atoms with Crippen LogP contribution < -0.4 is 9.47 Å². The van der Waals surface area contributed by atoms with E-state index in [2.05, 4.69) is 94.1 Å². The molecule has 40 heavy (non-hydrogen) atoms. The summed E-state index contributed by atoms with van der Waals surface area (Å²) in [6, 6.07) is 32.1. The van der Waals surface area contributed by atoms with Gasteiger partial charge >= 0.3 is 0 Å². The van der Waals surface area contributed by atoms with Crippen molar-refractivity contribution >= 4 is 22.4 Å². The summed E-state index contributed by atoms with van der Waals surface area (Å²) in [5.74, 6) is 1.70. The Hall–Kier alpha value is -3.77. The molecule has 7 rings (SSSR count). The van der Waals surface area contributed by atoms with Gasteiger partial charge in [0.15, 0.2) is 11.5 Å². The summed E-state index contributed by atoms with van der Waals surface area (Å²) in [6.45, 7) is 8.61. The Labute approximate surface area is 240 Å². The molecule has 6 heteroatoms. The molecule has 0 atom stereocenters. The van der Waals surface area contributed by atoms with Crippen molar-refractivity contribution in [3.05, 3.63) is 113 Å². The highest BCUT2D eigenvalue weighted by molar-refractivity contribution is 6.30. The molecule has 0 amide bonds. The molecule has 5 nitrogen and oxygen atoms in total. The van der Waals surface area contributed by atoms with Crippen molar-refractivity contribution in [2.75, 3.05) is 33.0 Å². The first-order valence-corrected chi connectivity index (χ1v) is 14.3. The lowest BCUT2D eigenvalue weighted by Gasteiger charge is -2.34. The van der Waals surface area contributed by atoms with Gasteiger partial charge in [-0.2, -0.15) is 0 Å². The standard InChI is InChI=1S/C34H32ClN3O2/c1-24-28(22-37-17-15-36(16-18-37)21-25-9-14-33-34(19-25)40-23-39-33)20-32(27-10-12-29(35)13-11-27)38(24)31-8-4-6-26-5-2-3-7-30(26)31/h2-14,19-20H,15-18,21-23H2,1H3. The molecule has 1 saturated heterocycles. The van der Waals surface area contributed by atoms with Gasteiger partial charge in [0.2, 0.25) is 6.79 Å². The molecule has 0 spiro atoms. The first-order valence-electron chi connectivity index (χ1n) is 13.9. The Morgan fingerprint density at radius 1 is 0.725 bits per heavy atom. The smallest absolute Gasteiger partial charge is 0.231 e. The van der Waals surface area contributed by atoms with Crippen LogP contribution in [0.2, 0.25) is 5.02 Å². The molecule has 0 saturated carbocycles. The van der Waals surface area contributed by atoms with Crippen molar-refractivity contribution in [3.8, 4) is 28.4 Å². The minimum Gasteiger partial charge on any atom is -0.454 e. The third-order valence-corrected chi connectivity index (χ3v) is 8.45. The van der Waals surface area contributed by atoms with Crippen LogP contribution in [0.1, 0.15) is 16.8 Å². The largest absolute Gasteiger partial charge is 0.454 e. The van der Waals surface area contributed by atoms with Gasteiger partial charge in [-0.25, -0.2) is 0 Å². The number of ether oxygens (including phenoxy) is 2. The van der Waals surface area contributed by atoms with Crippen molar-refractivity contribution in [1.29, 1.82) is 0 Å². The van der Waals surface area contributed by atoms with Crippen molar-refractivity contribution in [3.63, 3.8) is 0 Å². The van der Waals surface area contributed by atoms with Crippen molar-refractivity contribution in [2.45, 2.75) is 20.0 Å². The minimum atomic E-state index is 0.318. The lowest BCUT2D eigenvalue weighted by molar-refractivity contribution is 0.122. The predicted octanol–water partition coefficient (Wildman–Crippen LogP) is 7.31. The average Bonchev–Trinajstić information content (AvgIpc) is 3.58. The van der Waals surface area contributed by atoms with Crippen LogP contribution in [-0.4, -0.2) is 47.3 Å². The van der Waals surface area contributed by atoms with E-state index in [0.29, 0.717) is 6.79 Å². The number of aromatic nitrogens is 1. The van der Waals surface area contributed by atoms with Crippen LogP contribution in [0.5, 0.6) is 11.5 Å².